The number of rotatable bonds is 3. The van der Waals surface area contributed by atoms with Crippen molar-refractivity contribution in [1.82, 2.24) is 0 Å². The molecule has 1 atom stereocenters. The van der Waals surface area contributed by atoms with Gasteiger partial charge in [0.1, 0.15) is 11.5 Å². The van der Waals surface area contributed by atoms with Gasteiger partial charge in [0.2, 0.25) is 0 Å². The zero-order valence-corrected chi connectivity index (χ0v) is 8.43. The Kier molecular flexibility index (Phi) is 2.76. The van der Waals surface area contributed by atoms with Crippen LogP contribution < -0.4 is 0 Å². The molecule has 1 aliphatic heterocycles. The Morgan fingerprint density at radius 1 is 1.60 bits per heavy atom. The van der Waals surface area contributed by atoms with Crippen LogP contribution in [0.4, 0.5) is 0 Å². The zero-order valence-electron chi connectivity index (χ0n) is 8.43. The van der Waals surface area contributed by atoms with E-state index in [1.807, 2.05) is 6.92 Å². The summed E-state index contributed by atoms with van der Waals surface area (Å²) in [5.74, 6) is 0.912. The maximum atomic E-state index is 11.2. The van der Waals surface area contributed by atoms with E-state index in [1.54, 1.807) is 18.4 Å². The second kappa shape index (κ2) is 4.21. The van der Waals surface area contributed by atoms with Crippen molar-refractivity contribution >= 4 is 5.97 Å². The Labute approximate surface area is 87.5 Å². The Balaban J connectivity index is 2.12. The van der Waals surface area contributed by atoms with Gasteiger partial charge < -0.3 is 13.9 Å². The molecule has 0 amide bonds. The minimum Gasteiger partial charge on any atom is -0.498 e. The number of hydrogen-bond donors (Lipinski definition) is 0. The number of hydrogen-bond acceptors (Lipinski definition) is 4. The SMILES string of the molecule is CCOC1=CC(=O)OC(c2ccco2)C1. The van der Waals surface area contributed by atoms with Gasteiger partial charge in [0.25, 0.3) is 0 Å². The third kappa shape index (κ3) is 2.21. The molecular weight excluding hydrogens is 196 g/mol. The smallest absolute Gasteiger partial charge is 0.334 e. The number of cyclic esters (lactones) is 1. The van der Waals surface area contributed by atoms with E-state index in [9.17, 15) is 4.79 Å². The van der Waals surface area contributed by atoms with Crippen LogP contribution in [0, 0.1) is 0 Å². The number of esters is 1. The minimum atomic E-state index is -0.383. The molecule has 1 aromatic heterocycles. The van der Waals surface area contributed by atoms with E-state index in [0.29, 0.717) is 24.5 Å². The molecule has 1 aliphatic rings. The fourth-order valence-electron chi connectivity index (χ4n) is 1.51. The summed E-state index contributed by atoms with van der Waals surface area (Å²) >= 11 is 0. The van der Waals surface area contributed by atoms with Gasteiger partial charge in [-0.3, -0.25) is 0 Å². The molecule has 1 aromatic rings. The first kappa shape index (κ1) is 9.83. The highest BCUT2D eigenvalue weighted by atomic mass is 16.6. The predicted molar refractivity (Wildman–Crippen MR) is 51.9 cm³/mol. The van der Waals surface area contributed by atoms with Gasteiger partial charge in [0.15, 0.2) is 6.10 Å². The lowest BCUT2D eigenvalue weighted by Crippen LogP contribution is -2.16. The van der Waals surface area contributed by atoms with Gasteiger partial charge in [0.05, 0.1) is 18.9 Å². The Morgan fingerprint density at radius 3 is 3.13 bits per heavy atom. The van der Waals surface area contributed by atoms with Gasteiger partial charge in [-0.2, -0.15) is 0 Å². The van der Waals surface area contributed by atoms with Crippen molar-refractivity contribution in [2.24, 2.45) is 0 Å². The number of furan rings is 1. The zero-order chi connectivity index (χ0) is 10.7. The first-order valence-corrected chi connectivity index (χ1v) is 4.87. The summed E-state index contributed by atoms with van der Waals surface area (Å²) in [5, 5.41) is 0. The van der Waals surface area contributed by atoms with Crippen molar-refractivity contribution in [3.05, 3.63) is 36.0 Å². The highest BCUT2D eigenvalue weighted by Crippen LogP contribution is 2.29. The lowest BCUT2D eigenvalue weighted by atomic mass is 10.1. The molecule has 0 spiro atoms. The molecule has 0 radical (unpaired) electrons. The van der Waals surface area contributed by atoms with Crippen molar-refractivity contribution in [2.45, 2.75) is 19.4 Å². The van der Waals surface area contributed by atoms with Gasteiger partial charge in [-0.25, -0.2) is 4.79 Å². The van der Waals surface area contributed by atoms with Crippen LogP contribution in [0.1, 0.15) is 25.2 Å². The normalized spacial score (nSPS) is 20.7. The molecule has 0 saturated carbocycles. The van der Waals surface area contributed by atoms with Crippen LogP contribution in [0.3, 0.4) is 0 Å². The van der Waals surface area contributed by atoms with E-state index < -0.39 is 0 Å². The minimum absolute atomic E-state index is 0.362. The van der Waals surface area contributed by atoms with Crippen LogP contribution in [0.25, 0.3) is 0 Å². The van der Waals surface area contributed by atoms with E-state index >= 15 is 0 Å². The molecule has 0 aromatic carbocycles. The lowest BCUT2D eigenvalue weighted by molar-refractivity contribution is -0.146. The number of ether oxygens (including phenoxy) is 2. The molecule has 0 aliphatic carbocycles. The lowest BCUT2D eigenvalue weighted by Gasteiger charge is -2.21. The summed E-state index contributed by atoms with van der Waals surface area (Å²) in [7, 11) is 0. The fourth-order valence-corrected chi connectivity index (χ4v) is 1.51. The van der Waals surface area contributed by atoms with E-state index in [2.05, 4.69) is 0 Å². The van der Waals surface area contributed by atoms with Crippen LogP contribution in [0.15, 0.2) is 34.6 Å². The summed E-state index contributed by atoms with van der Waals surface area (Å²) < 4.78 is 15.6. The van der Waals surface area contributed by atoms with Crippen molar-refractivity contribution < 1.29 is 18.7 Å². The molecular formula is C11H12O4. The highest BCUT2D eigenvalue weighted by molar-refractivity contribution is 5.83. The van der Waals surface area contributed by atoms with Crippen molar-refractivity contribution in [3.8, 4) is 0 Å². The maximum absolute atomic E-state index is 11.2. The van der Waals surface area contributed by atoms with Crippen molar-refractivity contribution in [3.63, 3.8) is 0 Å². The number of carbonyl (C=O) groups is 1. The summed E-state index contributed by atoms with van der Waals surface area (Å²) in [6.07, 6.45) is 3.11. The Bertz CT molecular complexity index is 364. The highest BCUT2D eigenvalue weighted by Gasteiger charge is 2.25. The quantitative estimate of drug-likeness (QED) is 0.714. The van der Waals surface area contributed by atoms with Crippen molar-refractivity contribution in [1.29, 1.82) is 0 Å². The first-order chi connectivity index (χ1) is 7.29. The van der Waals surface area contributed by atoms with Crippen LogP contribution in [-0.2, 0) is 14.3 Å². The van der Waals surface area contributed by atoms with E-state index in [4.69, 9.17) is 13.9 Å². The second-order valence-corrected chi connectivity index (χ2v) is 3.19. The monoisotopic (exact) mass is 208 g/mol. The average Bonchev–Trinajstić information content (AvgIpc) is 2.70. The summed E-state index contributed by atoms with van der Waals surface area (Å²) in [4.78, 5) is 11.2. The Hall–Kier alpha value is -1.71. The molecule has 80 valence electrons. The summed E-state index contributed by atoms with van der Waals surface area (Å²) in [5.41, 5.74) is 0. The molecule has 0 fully saturated rings. The molecule has 2 heterocycles. The van der Waals surface area contributed by atoms with E-state index in [-0.39, 0.29) is 12.1 Å². The van der Waals surface area contributed by atoms with Crippen LogP contribution in [0.5, 0.6) is 0 Å². The molecule has 0 bridgehead atoms. The molecule has 4 heteroatoms. The van der Waals surface area contributed by atoms with Gasteiger partial charge in [-0.05, 0) is 19.1 Å². The standard InChI is InChI=1S/C11H12O4/c1-2-13-8-6-10(15-11(12)7-8)9-4-3-5-14-9/h3-5,7,10H,2,6H2,1H3. The van der Waals surface area contributed by atoms with Crippen LogP contribution in [0.2, 0.25) is 0 Å². The van der Waals surface area contributed by atoms with Gasteiger partial charge in [0, 0.05) is 6.42 Å². The second-order valence-electron chi connectivity index (χ2n) is 3.19. The van der Waals surface area contributed by atoms with E-state index in [0.717, 1.165) is 0 Å². The largest absolute Gasteiger partial charge is 0.498 e. The third-order valence-corrected chi connectivity index (χ3v) is 2.11. The predicted octanol–water partition coefficient (Wildman–Crippen LogP) is 2.19. The van der Waals surface area contributed by atoms with E-state index in [1.165, 1.54) is 6.08 Å². The summed E-state index contributed by atoms with van der Waals surface area (Å²) in [6.45, 7) is 2.42. The maximum Gasteiger partial charge on any atom is 0.334 e. The molecule has 15 heavy (non-hydrogen) atoms. The Morgan fingerprint density at radius 2 is 2.47 bits per heavy atom. The fraction of sp³-hybridized carbons (Fsp3) is 0.364. The third-order valence-electron chi connectivity index (χ3n) is 2.11. The number of carbonyl (C=O) groups excluding carboxylic acids is 1. The van der Waals surface area contributed by atoms with Gasteiger partial charge >= 0.3 is 5.97 Å². The topological polar surface area (TPSA) is 48.7 Å². The van der Waals surface area contributed by atoms with Crippen LogP contribution in [-0.4, -0.2) is 12.6 Å². The van der Waals surface area contributed by atoms with Gasteiger partial charge in [-0.1, -0.05) is 0 Å². The molecule has 1 unspecified atom stereocenters. The first-order valence-electron chi connectivity index (χ1n) is 4.87. The molecule has 0 N–H and O–H groups in total. The molecule has 4 nitrogen and oxygen atoms in total. The summed E-state index contributed by atoms with van der Waals surface area (Å²) in [6, 6.07) is 3.55. The van der Waals surface area contributed by atoms with Crippen molar-refractivity contribution in [2.75, 3.05) is 6.61 Å². The van der Waals surface area contributed by atoms with Crippen LogP contribution >= 0.6 is 0 Å². The molecule has 2 rings (SSSR count). The van der Waals surface area contributed by atoms with Gasteiger partial charge in [-0.15, -0.1) is 0 Å². The molecule has 0 saturated heterocycles. The average molecular weight is 208 g/mol.